The Morgan fingerprint density at radius 3 is 0.455 bits per heavy atom. The van der Waals surface area contributed by atoms with Crippen molar-refractivity contribution >= 4 is 23.5 Å². The normalized spacial score (nSPS) is 8.05. The average molecular weight is 431 g/mol. The molecular formula is C3H27NNa3O12P3. The SMILES string of the molecule is C.C.C.N.O=P(O)(O)O.O=P(O)(O)O.O=P(O)(O)O.[H-].[H-].[H-].[Na+].[Na+].[Na+]. The molecule has 12 N–H and O–H groups in total. The summed E-state index contributed by atoms with van der Waals surface area (Å²) in [5, 5.41) is 0. The Kier molecular flexibility index (Phi) is 84.3. The maximum Gasteiger partial charge on any atom is 1.00 e. The van der Waals surface area contributed by atoms with E-state index in [-0.39, 0.29) is 121 Å². The van der Waals surface area contributed by atoms with Crippen LogP contribution in [0.5, 0.6) is 0 Å². The fourth-order valence-corrected chi connectivity index (χ4v) is 0. The fourth-order valence-electron chi connectivity index (χ4n) is 0. The smallest absolute Gasteiger partial charge is 1.00 e. The summed E-state index contributed by atoms with van der Waals surface area (Å²) in [6, 6.07) is 0. The Labute approximate surface area is 200 Å². The largest absolute Gasteiger partial charge is 1.00 e. The van der Waals surface area contributed by atoms with Crippen molar-refractivity contribution in [3.05, 3.63) is 0 Å². The molecule has 22 heavy (non-hydrogen) atoms. The molecule has 134 valence electrons. The van der Waals surface area contributed by atoms with E-state index < -0.39 is 23.5 Å². The summed E-state index contributed by atoms with van der Waals surface area (Å²) < 4.78 is 26.6. The first-order valence-corrected chi connectivity index (χ1v) is 7.04. The molecule has 0 spiro atoms. The number of phosphoric acid groups is 3. The van der Waals surface area contributed by atoms with Gasteiger partial charge in [0.1, 0.15) is 0 Å². The minimum absolute atomic E-state index is 0. The predicted octanol–water partition coefficient (Wildman–Crippen LogP) is -9.37. The van der Waals surface area contributed by atoms with Crippen LogP contribution in [-0.2, 0) is 13.7 Å². The van der Waals surface area contributed by atoms with Crippen LogP contribution in [0.2, 0.25) is 0 Å². The number of hydrogen-bond donors (Lipinski definition) is 10. The van der Waals surface area contributed by atoms with Crippen LogP contribution in [0.15, 0.2) is 0 Å². The molecule has 0 aliphatic carbocycles. The second kappa shape index (κ2) is 29.1. The molecule has 0 unspecified atom stereocenters. The maximum absolute atomic E-state index is 8.88. The van der Waals surface area contributed by atoms with Crippen LogP contribution in [0, 0.1) is 0 Å². The topological polar surface area (TPSA) is 268 Å². The van der Waals surface area contributed by atoms with Crippen molar-refractivity contribution < 1.29 is 151 Å². The summed E-state index contributed by atoms with van der Waals surface area (Å²) in [4.78, 5) is 64.7. The van der Waals surface area contributed by atoms with Crippen molar-refractivity contribution in [3.8, 4) is 0 Å². The predicted molar refractivity (Wildman–Crippen MR) is 71.3 cm³/mol. The van der Waals surface area contributed by atoms with E-state index in [0.717, 1.165) is 0 Å². The first-order chi connectivity index (χ1) is 6.00. The van der Waals surface area contributed by atoms with Crippen LogP contribution >= 0.6 is 23.5 Å². The minimum Gasteiger partial charge on any atom is -1.00 e. The third-order valence-corrected chi connectivity index (χ3v) is 0. The zero-order chi connectivity index (χ0) is 13.5. The molecule has 19 heteroatoms. The van der Waals surface area contributed by atoms with Crippen LogP contribution in [0.4, 0.5) is 0 Å². The molecule has 0 aromatic carbocycles. The summed E-state index contributed by atoms with van der Waals surface area (Å²) >= 11 is 0. The van der Waals surface area contributed by atoms with E-state index in [0.29, 0.717) is 0 Å². The minimum atomic E-state index is -4.64. The molecule has 0 rings (SSSR count). The fraction of sp³-hybridized carbons (Fsp3) is 1.00. The molecule has 0 atom stereocenters. The molecule has 0 saturated heterocycles. The Hall–Kier alpha value is 3.29. The molecule has 0 saturated carbocycles. The van der Waals surface area contributed by atoms with E-state index in [1.807, 2.05) is 0 Å². The molecule has 0 aromatic rings. The van der Waals surface area contributed by atoms with Gasteiger partial charge in [0, 0.05) is 0 Å². The van der Waals surface area contributed by atoms with Crippen molar-refractivity contribution in [1.29, 1.82) is 0 Å². The van der Waals surface area contributed by atoms with E-state index in [2.05, 4.69) is 0 Å². The van der Waals surface area contributed by atoms with E-state index in [1.54, 1.807) is 0 Å². The van der Waals surface area contributed by atoms with Gasteiger partial charge < -0.3 is 54.5 Å². The van der Waals surface area contributed by atoms with Crippen molar-refractivity contribution in [2.45, 2.75) is 22.3 Å². The summed E-state index contributed by atoms with van der Waals surface area (Å²) in [6.45, 7) is 0. The Balaban J connectivity index is -0.00000000655. The quantitative estimate of drug-likeness (QED) is 0.126. The van der Waals surface area contributed by atoms with Gasteiger partial charge in [-0.2, -0.15) is 0 Å². The Morgan fingerprint density at radius 1 is 0.455 bits per heavy atom. The number of hydrogen-bond acceptors (Lipinski definition) is 4. The molecule has 13 nitrogen and oxygen atoms in total. The van der Waals surface area contributed by atoms with Crippen LogP contribution in [-0.4, -0.2) is 44.0 Å². The summed E-state index contributed by atoms with van der Waals surface area (Å²) in [5.74, 6) is 0. The third kappa shape index (κ3) is 1070. The zero-order valence-corrected chi connectivity index (χ0v) is 19.0. The van der Waals surface area contributed by atoms with Gasteiger partial charge in [0.15, 0.2) is 0 Å². The maximum atomic E-state index is 8.88. The molecule has 0 amide bonds. The van der Waals surface area contributed by atoms with Crippen molar-refractivity contribution in [2.75, 3.05) is 0 Å². The van der Waals surface area contributed by atoms with Gasteiger partial charge >= 0.3 is 112 Å². The van der Waals surface area contributed by atoms with Crippen LogP contribution in [0.25, 0.3) is 0 Å². The first kappa shape index (κ1) is 63.8. The zero-order valence-electron chi connectivity index (χ0n) is 13.3. The molecule has 0 fully saturated rings. The molecule has 0 aliphatic heterocycles. The van der Waals surface area contributed by atoms with Crippen LogP contribution < -0.4 is 94.8 Å². The van der Waals surface area contributed by atoms with Crippen LogP contribution in [0.3, 0.4) is 0 Å². The molecular weight excluding hydrogens is 404 g/mol. The number of rotatable bonds is 0. The molecule has 0 heterocycles. The first-order valence-electron chi connectivity index (χ1n) is 2.35. The average Bonchev–Trinajstić information content (AvgIpc) is 1.41. The second-order valence-corrected chi connectivity index (χ2v) is 4.62. The van der Waals surface area contributed by atoms with Crippen LogP contribution in [0.1, 0.15) is 26.6 Å². The van der Waals surface area contributed by atoms with Crippen molar-refractivity contribution in [1.82, 2.24) is 6.15 Å². The summed E-state index contributed by atoms with van der Waals surface area (Å²) in [7, 11) is -13.9. The summed E-state index contributed by atoms with van der Waals surface area (Å²) in [6.07, 6.45) is 0. The van der Waals surface area contributed by atoms with E-state index in [9.17, 15) is 0 Å². The summed E-state index contributed by atoms with van der Waals surface area (Å²) in [5.41, 5.74) is 0. The van der Waals surface area contributed by atoms with Gasteiger partial charge in [0.25, 0.3) is 0 Å². The van der Waals surface area contributed by atoms with Crippen molar-refractivity contribution in [3.63, 3.8) is 0 Å². The molecule has 0 aromatic heterocycles. The van der Waals surface area contributed by atoms with Gasteiger partial charge in [-0.3, -0.25) is 0 Å². The van der Waals surface area contributed by atoms with Gasteiger partial charge in [0.2, 0.25) is 0 Å². The third-order valence-electron chi connectivity index (χ3n) is 0. The van der Waals surface area contributed by atoms with Gasteiger partial charge in [-0.1, -0.05) is 22.3 Å². The monoisotopic (exact) mass is 431 g/mol. The van der Waals surface area contributed by atoms with Gasteiger partial charge in [-0.05, 0) is 0 Å². The Morgan fingerprint density at radius 2 is 0.455 bits per heavy atom. The van der Waals surface area contributed by atoms with E-state index >= 15 is 0 Å². The van der Waals surface area contributed by atoms with Gasteiger partial charge in [-0.15, -0.1) is 0 Å². The molecule has 0 bridgehead atoms. The standard InChI is InChI=1S/3CH4.H3N.3Na.3H3O4P.3H/c;;;;;;;3*1-5(2,3)4;;;/h3*1H4;1H3;;;;3*(H3,1,2,3,4);;;/q;;;;3*+1;;;;3*-1. The molecule has 0 radical (unpaired) electrons. The van der Waals surface area contributed by atoms with Gasteiger partial charge in [0.05, 0.1) is 0 Å². The van der Waals surface area contributed by atoms with E-state index in [4.69, 9.17) is 57.7 Å². The molecule has 0 aliphatic rings. The van der Waals surface area contributed by atoms with E-state index in [1.165, 1.54) is 0 Å². The van der Waals surface area contributed by atoms with Crippen molar-refractivity contribution in [2.24, 2.45) is 0 Å². The second-order valence-electron chi connectivity index (χ2n) is 1.54. The Bertz CT molecular complexity index is 240. The van der Waals surface area contributed by atoms with Gasteiger partial charge in [-0.25, -0.2) is 13.7 Å².